The van der Waals surface area contributed by atoms with Crippen molar-refractivity contribution in [2.75, 3.05) is 0 Å². The molecule has 1 aliphatic rings. The summed E-state index contributed by atoms with van der Waals surface area (Å²) in [5.74, 6) is -2.36. The van der Waals surface area contributed by atoms with Crippen molar-refractivity contribution in [2.45, 2.75) is 17.4 Å². The Labute approximate surface area is 159 Å². The highest BCUT2D eigenvalue weighted by molar-refractivity contribution is 7.89. The van der Waals surface area contributed by atoms with E-state index in [0.29, 0.717) is 11.8 Å². The number of hydrogen-bond acceptors (Lipinski definition) is 4. The van der Waals surface area contributed by atoms with E-state index in [1.165, 1.54) is 0 Å². The van der Waals surface area contributed by atoms with Crippen molar-refractivity contribution in [1.82, 2.24) is 10.3 Å². The van der Waals surface area contributed by atoms with E-state index < -0.39 is 38.6 Å². The van der Waals surface area contributed by atoms with Gasteiger partial charge in [-0.05, 0) is 29.0 Å². The van der Waals surface area contributed by atoms with E-state index in [2.05, 4.69) is 0 Å². The number of fused-ring (bicyclic) bond motifs is 3. The van der Waals surface area contributed by atoms with Crippen LogP contribution in [0.25, 0.3) is 10.8 Å². The lowest BCUT2D eigenvalue weighted by atomic mass is 10.0. The number of sulfonamides is 1. The van der Waals surface area contributed by atoms with Crippen LogP contribution in [0.15, 0.2) is 59.5 Å². The predicted molar refractivity (Wildman–Crippen MR) is 96.9 cm³/mol. The van der Waals surface area contributed by atoms with Gasteiger partial charge in [0.05, 0.1) is 0 Å². The molecule has 3 aromatic rings. The van der Waals surface area contributed by atoms with E-state index in [9.17, 15) is 22.0 Å². The zero-order valence-electron chi connectivity index (χ0n) is 14.3. The summed E-state index contributed by atoms with van der Waals surface area (Å²) in [4.78, 5) is 13.4. The first-order chi connectivity index (χ1) is 13.3. The number of amides is 1. The standard InChI is InChI=1S/C19H14F2N2O4S/c20-12-6-8-18(15(21)9-12)28(25,26)23-22-19(24)17-10-14-13-4-2-1-3-11(13)5-7-16(14)27-17/h1-9,17,23H,10H2,(H,22,24)/t17-/m1/s1. The number of halogens is 2. The number of hydrogen-bond donors (Lipinski definition) is 2. The fourth-order valence-electron chi connectivity index (χ4n) is 3.11. The zero-order valence-corrected chi connectivity index (χ0v) is 15.1. The van der Waals surface area contributed by atoms with Crippen LogP contribution in [0.5, 0.6) is 5.75 Å². The molecule has 3 aromatic carbocycles. The Morgan fingerprint density at radius 2 is 1.86 bits per heavy atom. The van der Waals surface area contributed by atoms with Crippen LogP contribution in [0, 0.1) is 11.6 Å². The molecule has 6 nitrogen and oxygen atoms in total. The molecule has 28 heavy (non-hydrogen) atoms. The summed E-state index contributed by atoms with van der Waals surface area (Å²) < 4.78 is 56.6. The minimum absolute atomic E-state index is 0.259. The topological polar surface area (TPSA) is 84.5 Å². The fraction of sp³-hybridized carbons (Fsp3) is 0.105. The third-order valence-electron chi connectivity index (χ3n) is 4.44. The van der Waals surface area contributed by atoms with Gasteiger partial charge < -0.3 is 4.74 Å². The molecule has 1 atom stereocenters. The van der Waals surface area contributed by atoms with Gasteiger partial charge in [-0.3, -0.25) is 10.2 Å². The normalized spacial score (nSPS) is 15.9. The Balaban J connectivity index is 1.48. The number of carbonyl (C=O) groups excluding carboxylic acids is 1. The van der Waals surface area contributed by atoms with Crippen molar-refractivity contribution < 1.29 is 26.7 Å². The van der Waals surface area contributed by atoms with Gasteiger partial charge in [0, 0.05) is 18.1 Å². The third-order valence-corrected chi connectivity index (χ3v) is 5.72. The van der Waals surface area contributed by atoms with Crippen molar-refractivity contribution in [3.05, 3.63) is 71.8 Å². The van der Waals surface area contributed by atoms with Crippen LogP contribution in [0.1, 0.15) is 5.56 Å². The largest absolute Gasteiger partial charge is 0.480 e. The van der Waals surface area contributed by atoms with Gasteiger partial charge in [0.15, 0.2) is 6.10 Å². The van der Waals surface area contributed by atoms with Gasteiger partial charge in [-0.1, -0.05) is 30.3 Å². The molecule has 0 aliphatic carbocycles. The second kappa shape index (κ2) is 6.84. The van der Waals surface area contributed by atoms with Gasteiger partial charge in [-0.25, -0.2) is 17.2 Å². The summed E-state index contributed by atoms with van der Waals surface area (Å²) in [7, 11) is -4.41. The zero-order chi connectivity index (χ0) is 19.9. The Kier molecular flexibility index (Phi) is 4.48. The molecule has 144 valence electrons. The summed E-state index contributed by atoms with van der Waals surface area (Å²) in [6.45, 7) is 0. The predicted octanol–water partition coefficient (Wildman–Crippen LogP) is 2.43. The van der Waals surface area contributed by atoms with Crippen LogP contribution < -0.4 is 15.0 Å². The third kappa shape index (κ3) is 3.30. The molecular formula is C19H14F2N2O4S. The molecule has 2 N–H and O–H groups in total. The van der Waals surface area contributed by atoms with Crippen molar-refractivity contribution in [3.8, 4) is 5.75 Å². The highest BCUT2D eigenvalue weighted by Crippen LogP contribution is 2.35. The Bertz CT molecular complexity index is 1200. The lowest BCUT2D eigenvalue weighted by Gasteiger charge is -2.13. The SMILES string of the molecule is O=C(NNS(=O)(=O)c1ccc(F)cc1F)[C@H]1Cc2c(ccc3ccccc23)O1. The highest BCUT2D eigenvalue weighted by Gasteiger charge is 2.31. The molecule has 0 aromatic heterocycles. The molecule has 0 radical (unpaired) electrons. The molecular weight excluding hydrogens is 390 g/mol. The minimum atomic E-state index is -4.41. The molecule has 0 unspecified atom stereocenters. The van der Waals surface area contributed by atoms with Crippen molar-refractivity contribution in [1.29, 1.82) is 0 Å². The molecule has 0 fully saturated rings. The first-order valence-corrected chi connectivity index (χ1v) is 9.77. The second-order valence-corrected chi connectivity index (χ2v) is 7.89. The maximum Gasteiger partial charge on any atom is 0.276 e. The number of benzene rings is 3. The average molecular weight is 404 g/mol. The minimum Gasteiger partial charge on any atom is -0.480 e. The number of carbonyl (C=O) groups is 1. The maximum absolute atomic E-state index is 13.7. The first-order valence-electron chi connectivity index (χ1n) is 8.29. The van der Waals surface area contributed by atoms with Gasteiger partial charge in [0.25, 0.3) is 15.9 Å². The van der Waals surface area contributed by atoms with Crippen LogP contribution in [0.3, 0.4) is 0 Å². The van der Waals surface area contributed by atoms with Gasteiger partial charge in [0.2, 0.25) is 0 Å². The van der Waals surface area contributed by atoms with Crippen LogP contribution in [0.2, 0.25) is 0 Å². The second-order valence-electron chi connectivity index (χ2n) is 6.24. The Morgan fingerprint density at radius 3 is 2.64 bits per heavy atom. The quantitative estimate of drug-likeness (QED) is 0.655. The van der Waals surface area contributed by atoms with E-state index >= 15 is 0 Å². The van der Waals surface area contributed by atoms with E-state index in [-0.39, 0.29) is 6.42 Å². The van der Waals surface area contributed by atoms with Gasteiger partial charge in [-0.15, -0.1) is 4.83 Å². The van der Waals surface area contributed by atoms with E-state index in [4.69, 9.17) is 4.74 Å². The lowest BCUT2D eigenvalue weighted by molar-refractivity contribution is -0.127. The molecule has 1 heterocycles. The van der Waals surface area contributed by atoms with Crippen LogP contribution in [-0.4, -0.2) is 20.4 Å². The molecule has 9 heteroatoms. The van der Waals surface area contributed by atoms with E-state index in [1.807, 2.05) is 35.8 Å². The number of nitrogens with one attached hydrogen (secondary N) is 2. The fourth-order valence-corrected chi connectivity index (χ4v) is 4.02. The Morgan fingerprint density at radius 1 is 1.07 bits per heavy atom. The Hall–Kier alpha value is -3.04. The molecule has 4 rings (SSSR count). The molecule has 1 aliphatic heterocycles. The van der Waals surface area contributed by atoms with Crippen LogP contribution >= 0.6 is 0 Å². The number of hydrazine groups is 1. The molecule has 1 amide bonds. The number of rotatable bonds is 4. The summed E-state index contributed by atoms with van der Waals surface area (Å²) >= 11 is 0. The van der Waals surface area contributed by atoms with Crippen molar-refractivity contribution in [3.63, 3.8) is 0 Å². The molecule has 0 spiro atoms. The van der Waals surface area contributed by atoms with Gasteiger partial charge >= 0.3 is 0 Å². The monoisotopic (exact) mass is 404 g/mol. The molecule has 0 bridgehead atoms. The van der Waals surface area contributed by atoms with Crippen LogP contribution in [-0.2, 0) is 21.2 Å². The summed E-state index contributed by atoms with van der Waals surface area (Å²) in [5.41, 5.74) is 2.88. The van der Waals surface area contributed by atoms with Gasteiger partial charge in [0.1, 0.15) is 22.3 Å². The molecule has 0 saturated heterocycles. The van der Waals surface area contributed by atoms with Crippen LogP contribution in [0.4, 0.5) is 8.78 Å². The number of ether oxygens (including phenoxy) is 1. The smallest absolute Gasteiger partial charge is 0.276 e. The summed E-state index contributed by atoms with van der Waals surface area (Å²) in [5, 5.41) is 1.95. The van der Waals surface area contributed by atoms with E-state index in [0.717, 1.165) is 28.5 Å². The van der Waals surface area contributed by atoms with Crippen molar-refractivity contribution >= 4 is 26.7 Å². The lowest BCUT2D eigenvalue weighted by Crippen LogP contribution is -2.47. The average Bonchev–Trinajstić information content (AvgIpc) is 3.11. The summed E-state index contributed by atoms with van der Waals surface area (Å²) in [6, 6.07) is 13.3. The molecule has 0 saturated carbocycles. The highest BCUT2D eigenvalue weighted by atomic mass is 32.2. The first kappa shape index (κ1) is 18.3. The van der Waals surface area contributed by atoms with E-state index in [1.54, 1.807) is 10.9 Å². The summed E-state index contributed by atoms with van der Waals surface area (Å²) in [6.07, 6.45) is -0.684. The van der Waals surface area contributed by atoms with Gasteiger partial charge in [-0.2, -0.15) is 0 Å². The van der Waals surface area contributed by atoms with Crippen molar-refractivity contribution in [2.24, 2.45) is 0 Å². The maximum atomic E-state index is 13.7.